The van der Waals surface area contributed by atoms with Crippen LogP contribution in [0, 0.1) is 0 Å². The molecule has 0 unspecified atom stereocenters. The smallest absolute Gasteiger partial charge is 0.269 e. The number of aliphatic hydroxyl groups excluding tert-OH is 1. The number of hydrogen-bond acceptors (Lipinski definition) is 4. The summed E-state index contributed by atoms with van der Waals surface area (Å²) < 4.78 is 17.3. The first kappa shape index (κ1) is 13.1. The molecule has 0 spiro atoms. The number of hydrogen-bond donors (Lipinski definition) is 1. The summed E-state index contributed by atoms with van der Waals surface area (Å²) in [5.74, 6) is 0.642. The Balaban J connectivity index is 1.74. The molecule has 0 bridgehead atoms. The lowest BCUT2D eigenvalue weighted by molar-refractivity contribution is 0.282. The zero-order valence-electron chi connectivity index (χ0n) is 11.7. The summed E-state index contributed by atoms with van der Waals surface area (Å²) in [7, 11) is 0. The molecular weight excluding hydrogens is 285 g/mol. The number of rotatable bonds is 3. The van der Waals surface area contributed by atoms with Gasteiger partial charge in [0.15, 0.2) is 12.0 Å². The molecule has 112 valence electrons. The lowest BCUT2D eigenvalue weighted by Crippen LogP contribution is -2.08. The SMILES string of the molecule is OCc1cnn(-c2nc3n(n2)[C@H](c2ccccc2)C[C@@H]3F)c1. The Morgan fingerprint density at radius 3 is 2.82 bits per heavy atom. The molecule has 7 heteroatoms. The van der Waals surface area contributed by atoms with E-state index in [9.17, 15) is 4.39 Å². The Labute approximate surface area is 125 Å². The number of halogens is 1. The maximum absolute atomic E-state index is 14.3. The van der Waals surface area contributed by atoms with E-state index in [1.54, 1.807) is 10.9 Å². The normalized spacial score (nSPS) is 20.3. The average molecular weight is 299 g/mol. The lowest BCUT2D eigenvalue weighted by atomic mass is 10.0. The van der Waals surface area contributed by atoms with Crippen LogP contribution in [0.4, 0.5) is 4.39 Å². The van der Waals surface area contributed by atoms with Crippen LogP contribution in [-0.4, -0.2) is 29.7 Å². The van der Waals surface area contributed by atoms with Crippen LogP contribution in [0.5, 0.6) is 0 Å². The molecule has 4 rings (SSSR count). The third-order valence-electron chi connectivity index (χ3n) is 3.86. The van der Waals surface area contributed by atoms with Gasteiger partial charge in [-0.1, -0.05) is 30.3 Å². The van der Waals surface area contributed by atoms with Crippen molar-refractivity contribution >= 4 is 0 Å². The molecule has 0 amide bonds. The molecule has 1 N–H and O–H groups in total. The summed E-state index contributed by atoms with van der Waals surface area (Å²) in [5, 5.41) is 17.6. The van der Waals surface area contributed by atoms with Gasteiger partial charge in [0.1, 0.15) is 0 Å². The standard InChI is InChI=1S/C15H14FN5O/c16-12-6-13(11-4-2-1-3-5-11)21-14(12)18-15(19-21)20-8-10(9-22)7-17-20/h1-5,7-8,12-13,22H,6,9H2/t12-,13-/m0/s1. The summed E-state index contributed by atoms with van der Waals surface area (Å²) >= 11 is 0. The maximum atomic E-state index is 14.3. The Bertz CT molecular complexity index is 797. The average Bonchev–Trinajstić information content (AvgIpc) is 3.24. The van der Waals surface area contributed by atoms with Gasteiger partial charge in [0.05, 0.1) is 18.8 Å². The fraction of sp³-hybridized carbons (Fsp3) is 0.267. The van der Waals surface area contributed by atoms with E-state index in [0.717, 1.165) is 5.56 Å². The van der Waals surface area contributed by atoms with E-state index in [2.05, 4.69) is 15.2 Å². The van der Waals surface area contributed by atoms with Gasteiger partial charge in [0.25, 0.3) is 5.95 Å². The molecule has 6 nitrogen and oxygen atoms in total. The molecule has 2 atom stereocenters. The van der Waals surface area contributed by atoms with Gasteiger partial charge in [-0.05, 0) is 5.56 Å². The van der Waals surface area contributed by atoms with Gasteiger partial charge < -0.3 is 5.11 Å². The predicted molar refractivity (Wildman–Crippen MR) is 76.1 cm³/mol. The fourth-order valence-corrected chi connectivity index (χ4v) is 2.77. The maximum Gasteiger partial charge on any atom is 0.269 e. The van der Waals surface area contributed by atoms with E-state index < -0.39 is 6.17 Å². The molecule has 0 aliphatic carbocycles. The highest BCUT2D eigenvalue weighted by Gasteiger charge is 2.35. The van der Waals surface area contributed by atoms with Crippen molar-refractivity contribution in [3.8, 4) is 5.95 Å². The second-order valence-corrected chi connectivity index (χ2v) is 5.30. The van der Waals surface area contributed by atoms with Crippen LogP contribution in [0.1, 0.15) is 35.6 Å². The van der Waals surface area contributed by atoms with Crippen molar-refractivity contribution in [2.45, 2.75) is 25.2 Å². The van der Waals surface area contributed by atoms with Crippen LogP contribution in [-0.2, 0) is 6.61 Å². The second-order valence-electron chi connectivity index (χ2n) is 5.30. The summed E-state index contributed by atoms with van der Waals surface area (Å²) in [5.41, 5.74) is 1.67. The monoisotopic (exact) mass is 299 g/mol. The van der Waals surface area contributed by atoms with E-state index in [-0.39, 0.29) is 12.6 Å². The highest BCUT2D eigenvalue weighted by atomic mass is 19.1. The Morgan fingerprint density at radius 1 is 1.27 bits per heavy atom. The van der Waals surface area contributed by atoms with Crippen molar-refractivity contribution in [1.29, 1.82) is 0 Å². The molecule has 1 aromatic carbocycles. The van der Waals surface area contributed by atoms with Gasteiger partial charge in [-0.25, -0.2) is 13.8 Å². The van der Waals surface area contributed by atoms with Crippen LogP contribution in [0.2, 0.25) is 0 Å². The number of alkyl halides is 1. The van der Waals surface area contributed by atoms with E-state index in [4.69, 9.17) is 5.11 Å². The first-order chi connectivity index (χ1) is 10.8. The van der Waals surface area contributed by atoms with Gasteiger partial charge >= 0.3 is 0 Å². The molecular formula is C15H14FN5O. The first-order valence-electron chi connectivity index (χ1n) is 7.06. The minimum atomic E-state index is -1.14. The second kappa shape index (κ2) is 5.03. The predicted octanol–water partition coefficient (Wildman–Crippen LogP) is 1.96. The molecule has 1 aliphatic heterocycles. The molecule has 0 fully saturated rings. The van der Waals surface area contributed by atoms with Crippen molar-refractivity contribution in [3.63, 3.8) is 0 Å². The van der Waals surface area contributed by atoms with Crippen molar-refractivity contribution in [1.82, 2.24) is 24.5 Å². The molecule has 0 radical (unpaired) electrons. The molecule has 0 saturated carbocycles. The van der Waals surface area contributed by atoms with E-state index in [1.165, 1.54) is 10.9 Å². The Kier molecular flexibility index (Phi) is 3.00. The van der Waals surface area contributed by atoms with E-state index in [1.807, 2.05) is 30.3 Å². The highest BCUT2D eigenvalue weighted by molar-refractivity contribution is 5.25. The zero-order valence-corrected chi connectivity index (χ0v) is 11.7. The fourth-order valence-electron chi connectivity index (χ4n) is 2.77. The van der Waals surface area contributed by atoms with Crippen LogP contribution in [0.3, 0.4) is 0 Å². The summed E-state index contributed by atoms with van der Waals surface area (Å²) in [6.07, 6.45) is 2.38. The van der Waals surface area contributed by atoms with Crippen molar-refractivity contribution < 1.29 is 9.50 Å². The number of aromatic nitrogens is 5. The molecule has 3 aromatic rings. The minimum Gasteiger partial charge on any atom is -0.392 e. The van der Waals surface area contributed by atoms with Crippen molar-refractivity contribution in [2.24, 2.45) is 0 Å². The van der Waals surface area contributed by atoms with Crippen LogP contribution in [0.15, 0.2) is 42.7 Å². The number of fused-ring (bicyclic) bond motifs is 1. The number of aliphatic hydroxyl groups is 1. The molecule has 3 heterocycles. The highest BCUT2D eigenvalue weighted by Crippen LogP contribution is 2.39. The first-order valence-corrected chi connectivity index (χ1v) is 7.06. The van der Waals surface area contributed by atoms with Crippen LogP contribution >= 0.6 is 0 Å². The van der Waals surface area contributed by atoms with Crippen molar-refractivity contribution in [2.75, 3.05) is 0 Å². The van der Waals surface area contributed by atoms with Gasteiger partial charge in [-0.15, -0.1) is 5.10 Å². The van der Waals surface area contributed by atoms with Gasteiger partial charge in [0, 0.05) is 18.2 Å². The summed E-state index contributed by atoms with van der Waals surface area (Å²) in [4.78, 5) is 4.26. The Morgan fingerprint density at radius 2 is 2.09 bits per heavy atom. The largest absolute Gasteiger partial charge is 0.392 e. The molecule has 22 heavy (non-hydrogen) atoms. The third kappa shape index (κ3) is 2.01. The third-order valence-corrected chi connectivity index (χ3v) is 3.86. The Hall–Kier alpha value is -2.54. The summed E-state index contributed by atoms with van der Waals surface area (Å²) in [6, 6.07) is 9.57. The van der Waals surface area contributed by atoms with Gasteiger partial charge in [-0.2, -0.15) is 10.1 Å². The van der Waals surface area contributed by atoms with Gasteiger partial charge in [0.2, 0.25) is 0 Å². The van der Waals surface area contributed by atoms with E-state index in [0.29, 0.717) is 23.8 Å². The van der Waals surface area contributed by atoms with E-state index >= 15 is 0 Å². The molecule has 2 aromatic heterocycles. The minimum absolute atomic E-state index is 0.105. The lowest BCUT2D eigenvalue weighted by Gasteiger charge is -2.11. The summed E-state index contributed by atoms with van der Waals surface area (Å²) in [6.45, 7) is -0.105. The van der Waals surface area contributed by atoms with Crippen molar-refractivity contribution in [3.05, 3.63) is 59.7 Å². The molecule has 1 aliphatic rings. The molecule has 0 saturated heterocycles. The topological polar surface area (TPSA) is 68.8 Å². The zero-order chi connectivity index (χ0) is 15.1. The van der Waals surface area contributed by atoms with Crippen LogP contribution < -0.4 is 0 Å². The van der Waals surface area contributed by atoms with Crippen LogP contribution in [0.25, 0.3) is 5.95 Å². The number of benzene rings is 1. The quantitative estimate of drug-likeness (QED) is 0.802. The number of nitrogens with zero attached hydrogens (tertiary/aromatic N) is 5. The van der Waals surface area contributed by atoms with Gasteiger partial charge in [-0.3, -0.25) is 0 Å².